The van der Waals surface area contributed by atoms with Crippen LogP contribution in [0.2, 0.25) is 0 Å². The Morgan fingerprint density at radius 2 is 1.60 bits per heavy atom. The summed E-state index contributed by atoms with van der Waals surface area (Å²) in [5.41, 5.74) is 4.18. The first-order valence-electron chi connectivity index (χ1n) is 10.9. The predicted octanol–water partition coefficient (Wildman–Crippen LogP) is 1.92. The van der Waals surface area contributed by atoms with E-state index in [4.69, 9.17) is 11.2 Å². The number of amides is 2. The number of nitrogens with one attached hydrogen (secondary N) is 2. The van der Waals surface area contributed by atoms with Crippen molar-refractivity contribution in [3.05, 3.63) is 59.7 Å². The molecule has 0 saturated heterocycles. The van der Waals surface area contributed by atoms with E-state index >= 15 is 0 Å². The summed E-state index contributed by atoms with van der Waals surface area (Å²) in [6, 6.07) is 12.9. The van der Waals surface area contributed by atoms with E-state index in [-0.39, 0.29) is 25.4 Å². The van der Waals surface area contributed by atoms with Crippen molar-refractivity contribution in [3.63, 3.8) is 0 Å². The van der Waals surface area contributed by atoms with Crippen LogP contribution in [0.4, 0.5) is 4.79 Å². The lowest BCUT2D eigenvalue weighted by Gasteiger charge is -2.20. The van der Waals surface area contributed by atoms with Gasteiger partial charge in [-0.3, -0.25) is 4.79 Å². The Kier molecular flexibility index (Phi) is 8.14. The number of sulfone groups is 1. The molecule has 0 heterocycles. The fourth-order valence-electron chi connectivity index (χ4n) is 3.97. The van der Waals surface area contributed by atoms with Gasteiger partial charge in [0.15, 0.2) is 0 Å². The molecule has 2 atom stereocenters. The lowest BCUT2D eigenvalue weighted by Crippen LogP contribution is -2.52. The molecule has 1 aliphatic rings. The van der Waals surface area contributed by atoms with Gasteiger partial charge in [-0.05, 0) is 28.7 Å². The molecular formula is C25H26N2O7S. The molecule has 2 aromatic carbocycles. The van der Waals surface area contributed by atoms with E-state index in [0.29, 0.717) is 0 Å². The van der Waals surface area contributed by atoms with Gasteiger partial charge in [0, 0.05) is 18.6 Å². The molecule has 0 aromatic heterocycles. The van der Waals surface area contributed by atoms with Crippen molar-refractivity contribution < 1.29 is 32.6 Å². The molecule has 3 N–H and O–H groups in total. The molecule has 0 bridgehead atoms. The monoisotopic (exact) mass is 498 g/mol. The van der Waals surface area contributed by atoms with E-state index in [0.717, 1.165) is 28.5 Å². The number of hydrogen-bond donors (Lipinski definition) is 3. The molecule has 3 rings (SSSR count). The molecule has 2 aromatic rings. The molecule has 2 amide bonds. The number of rotatable bonds is 10. The van der Waals surface area contributed by atoms with Crippen LogP contribution in [-0.4, -0.2) is 62.2 Å². The highest BCUT2D eigenvalue weighted by molar-refractivity contribution is 7.90. The Labute approximate surface area is 203 Å². The lowest BCUT2D eigenvalue weighted by molar-refractivity contribution is -0.142. The summed E-state index contributed by atoms with van der Waals surface area (Å²) >= 11 is 0. The number of fused-ring (bicyclic) bond motifs is 3. The number of hydrogen-bond acceptors (Lipinski definition) is 6. The third-order valence-electron chi connectivity index (χ3n) is 5.67. The van der Waals surface area contributed by atoms with Gasteiger partial charge in [-0.25, -0.2) is 18.0 Å². The molecule has 2 unspecified atom stereocenters. The lowest BCUT2D eigenvalue weighted by atomic mass is 9.98. The maximum absolute atomic E-state index is 12.6. The van der Waals surface area contributed by atoms with E-state index in [9.17, 15) is 27.9 Å². The minimum absolute atomic E-state index is 0.0242. The second-order valence-electron chi connectivity index (χ2n) is 8.25. The molecule has 10 heteroatoms. The highest BCUT2D eigenvalue weighted by atomic mass is 32.2. The van der Waals surface area contributed by atoms with Crippen molar-refractivity contribution in [1.82, 2.24) is 10.6 Å². The van der Waals surface area contributed by atoms with E-state index in [1.807, 2.05) is 48.5 Å². The number of aliphatic carboxylic acids is 1. The molecule has 35 heavy (non-hydrogen) atoms. The second kappa shape index (κ2) is 11.1. The van der Waals surface area contributed by atoms with Gasteiger partial charge in [0.1, 0.15) is 28.5 Å². The van der Waals surface area contributed by atoms with Crippen molar-refractivity contribution >= 4 is 27.8 Å². The topological polar surface area (TPSA) is 139 Å². The van der Waals surface area contributed by atoms with Crippen molar-refractivity contribution in [1.29, 1.82) is 0 Å². The maximum Gasteiger partial charge on any atom is 0.407 e. The van der Waals surface area contributed by atoms with Crippen molar-refractivity contribution in [2.45, 2.75) is 30.8 Å². The number of carboxylic acids is 1. The van der Waals surface area contributed by atoms with Gasteiger partial charge < -0.3 is 20.5 Å². The summed E-state index contributed by atoms with van der Waals surface area (Å²) in [6.07, 6.45) is 4.85. The molecule has 0 spiro atoms. The zero-order valence-corrected chi connectivity index (χ0v) is 19.9. The molecule has 9 nitrogen and oxygen atoms in total. The van der Waals surface area contributed by atoms with Crippen LogP contribution in [0.15, 0.2) is 48.5 Å². The zero-order valence-electron chi connectivity index (χ0n) is 19.1. The first kappa shape index (κ1) is 25.8. The Bertz CT molecular complexity index is 1220. The number of carbonyl (C=O) groups excluding carboxylic acids is 2. The Morgan fingerprint density at radius 3 is 2.11 bits per heavy atom. The summed E-state index contributed by atoms with van der Waals surface area (Å²) in [5, 5.41) is 13.9. The number of benzene rings is 2. The van der Waals surface area contributed by atoms with Crippen LogP contribution in [0.25, 0.3) is 11.1 Å². The SMILES string of the molecule is C#CCC(NC(=O)OCC1c2ccccc2-c2ccccc21)C(=O)NC(CCS(C)(=O)=O)C(=O)O. The van der Waals surface area contributed by atoms with Crippen LogP contribution in [-0.2, 0) is 24.2 Å². The zero-order chi connectivity index (χ0) is 25.6. The average Bonchev–Trinajstić information content (AvgIpc) is 3.13. The molecule has 0 radical (unpaired) electrons. The van der Waals surface area contributed by atoms with Crippen molar-refractivity contribution in [2.24, 2.45) is 0 Å². The Hall–Kier alpha value is -3.84. The van der Waals surface area contributed by atoms with Crippen LogP contribution in [0.3, 0.4) is 0 Å². The normalized spacial score (nSPS) is 14.1. The van der Waals surface area contributed by atoms with Gasteiger partial charge >= 0.3 is 12.1 Å². The van der Waals surface area contributed by atoms with Gasteiger partial charge in [0.25, 0.3) is 0 Å². The van der Waals surface area contributed by atoms with E-state index in [2.05, 4.69) is 16.6 Å². The number of carbonyl (C=O) groups is 3. The average molecular weight is 499 g/mol. The number of carboxylic acid groups (broad SMARTS) is 1. The third kappa shape index (κ3) is 6.61. The fourth-order valence-corrected chi connectivity index (χ4v) is 4.63. The smallest absolute Gasteiger partial charge is 0.407 e. The van der Waals surface area contributed by atoms with Crippen LogP contribution >= 0.6 is 0 Å². The molecule has 0 aliphatic heterocycles. The summed E-state index contributed by atoms with van der Waals surface area (Å²) in [6.45, 7) is 0.0242. The molecule has 0 saturated carbocycles. The van der Waals surface area contributed by atoms with Gasteiger partial charge in [-0.15, -0.1) is 12.3 Å². The van der Waals surface area contributed by atoms with Gasteiger partial charge in [-0.1, -0.05) is 48.5 Å². The van der Waals surface area contributed by atoms with Gasteiger partial charge in [0.2, 0.25) is 5.91 Å². The maximum atomic E-state index is 12.6. The predicted molar refractivity (Wildman–Crippen MR) is 129 cm³/mol. The van der Waals surface area contributed by atoms with E-state index < -0.39 is 45.6 Å². The van der Waals surface area contributed by atoms with Crippen molar-refractivity contribution in [2.75, 3.05) is 18.6 Å². The van der Waals surface area contributed by atoms with Gasteiger partial charge in [-0.2, -0.15) is 0 Å². The Balaban J connectivity index is 1.63. The summed E-state index contributed by atoms with van der Waals surface area (Å²) < 4.78 is 28.1. The quantitative estimate of drug-likeness (QED) is 0.425. The standard InChI is InChI=1S/C25H26N2O7S/c1-3-8-21(23(28)26-22(24(29)30)13-14-35(2,32)33)27-25(31)34-15-20-18-11-6-4-9-16(18)17-10-5-7-12-19(17)20/h1,4-7,9-12,20-22H,8,13-15H2,2H3,(H,26,28)(H,27,31)(H,29,30). The van der Waals surface area contributed by atoms with Gasteiger partial charge in [0.05, 0.1) is 5.75 Å². The highest BCUT2D eigenvalue weighted by Gasteiger charge is 2.30. The molecule has 184 valence electrons. The Morgan fingerprint density at radius 1 is 1.03 bits per heavy atom. The summed E-state index contributed by atoms with van der Waals surface area (Å²) in [5.74, 6) is -0.595. The van der Waals surface area contributed by atoms with Crippen LogP contribution in [0, 0.1) is 12.3 Å². The number of terminal acetylenes is 1. The second-order valence-corrected chi connectivity index (χ2v) is 10.5. The largest absolute Gasteiger partial charge is 0.480 e. The molecular weight excluding hydrogens is 472 g/mol. The van der Waals surface area contributed by atoms with Crippen LogP contribution < -0.4 is 10.6 Å². The third-order valence-corrected chi connectivity index (χ3v) is 6.64. The fraction of sp³-hybridized carbons (Fsp3) is 0.320. The highest BCUT2D eigenvalue weighted by Crippen LogP contribution is 2.44. The summed E-state index contributed by atoms with van der Waals surface area (Å²) in [4.78, 5) is 36.6. The molecule has 0 fully saturated rings. The minimum Gasteiger partial charge on any atom is -0.480 e. The first-order valence-corrected chi connectivity index (χ1v) is 12.9. The van der Waals surface area contributed by atoms with Crippen molar-refractivity contribution in [3.8, 4) is 23.5 Å². The van der Waals surface area contributed by atoms with Crippen LogP contribution in [0.1, 0.15) is 29.9 Å². The number of alkyl carbamates (subject to hydrolysis) is 1. The summed E-state index contributed by atoms with van der Waals surface area (Å²) in [7, 11) is -3.43. The van der Waals surface area contributed by atoms with E-state index in [1.165, 1.54) is 0 Å². The number of ether oxygens (including phenoxy) is 1. The molecule has 1 aliphatic carbocycles. The minimum atomic E-state index is -3.43. The van der Waals surface area contributed by atoms with E-state index in [1.54, 1.807) is 0 Å². The first-order chi connectivity index (χ1) is 16.6. The van der Waals surface area contributed by atoms with Crippen LogP contribution in [0.5, 0.6) is 0 Å².